The fourth-order valence-electron chi connectivity index (χ4n) is 3.08. The Balaban J connectivity index is 0.00000480. The Hall–Kier alpha value is -2.36. The Morgan fingerprint density at radius 2 is 1.45 bits per heavy atom. The van der Waals surface area contributed by atoms with E-state index in [4.69, 9.17) is 18.9 Å². The zero-order valence-corrected chi connectivity index (χ0v) is 21.5. The standard InChI is InChI=1S/C23H33N3O4.HI/c1-7-24-23(25-11-10-17-9-8-16(2)19(12-17)27-3)26-15-18-13-20(28-4)22(30-6)21(14-18)29-5;/h8-9,12-14H,7,10-11,15H2,1-6H3,(H2,24,25,26);1H. The predicted octanol–water partition coefficient (Wildman–Crippen LogP) is 3.95. The summed E-state index contributed by atoms with van der Waals surface area (Å²) in [6, 6.07) is 10.1. The van der Waals surface area contributed by atoms with Crippen molar-refractivity contribution in [2.24, 2.45) is 4.99 Å². The minimum atomic E-state index is 0. The molecule has 0 saturated heterocycles. The van der Waals surface area contributed by atoms with Gasteiger partial charge in [0.25, 0.3) is 0 Å². The van der Waals surface area contributed by atoms with Crippen molar-refractivity contribution in [3.8, 4) is 23.0 Å². The van der Waals surface area contributed by atoms with Crippen molar-refractivity contribution >= 4 is 29.9 Å². The summed E-state index contributed by atoms with van der Waals surface area (Å²) in [5, 5.41) is 6.66. The smallest absolute Gasteiger partial charge is 0.203 e. The van der Waals surface area contributed by atoms with E-state index in [1.807, 2.05) is 26.0 Å². The molecule has 2 aromatic carbocycles. The van der Waals surface area contributed by atoms with Crippen molar-refractivity contribution in [2.45, 2.75) is 26.8 Å². The van der Waals surface area contributed by atoms with Crippen LogP contribution in [-0.4, -0.2) is 47.5 Å². The molecule has 0 atom stereocenters. The molecule has 0 heterocycles. The van der Waals surface area contributed by atoms with Gasteiger partial charge in [0.15, 0.2) is 17.5 Å². The number of nitrogens with zero attached hydrogens (tertiary/aromatic N) is 1. The summed E-state index contributed by atoms with van der Waals surface area (Å²) >= 11 is 0. The summed E-state index contributed by atoms with van der Waals surface area (Å²) in [6.45, 7) is 6.10. The maximum Gasteiger partial charge on any atom is 0.203 e. The van der Waals surface area contributed by atoms with Gasteiger partial charge in [-0.2, -0.15) is 0 Å². The monoisotopic (exact) mass is 543 g/mol. The van der Waals surface area contributed by atoms with Gasteiger partial charge in [0.05, 0.1) is 35.0 Å². The first-order valence-corrected chi connectivity index (χ1v) is 10.0. The molecule has 31 heavy (non-hydrogen) atoms. The Kier molecular flexibility index (Phi) is 11.9. The molecule has 2 aromatic rings. The molecular weight excluding hydrogens is 509 g/mol. The average molecular weight is 543 g/mol. The number of methoxy groups -OCH3 is 4. The molecule has 0 aliphatic rings. The van der Waals surface area contributed by atoms with Crippen molar-refractivity contribution < 1.29 is 18.9 Å². The van der Waals surface area contributed by atoms with Crippen LogP contribution >= 0.6 is 24.0 Å². The number of guanidine groups is 1. The largest absolute Gasteiger partial charge is 0.496 e. The van der Waals surface area contributed by atoms with Crippen molar-refractivity contribution in [2.75, 3.05) is 41.5 Å². The van der Waals surface area contributed by atoms with Crippen molar-refractivity contribution in [1.29, 1.82) is 0 Å². The number of rotatable bonds is 10. The summed E-state index contributed by atoms with van der Waals surface area (Å²) in [4.78, 5) is 4.69. The average Bonchev–Trinajstić information content (AvgIpc) is 2.77. The third kappa shape index (κ3) is 7.68. The first-order chi connectivity index (χ1) is 14.6. The molecule has 7 nitrogen and oxygen atoms in total. The van der Waals surface area contributed by atoms with Crippen molar-refractivity contribution in [1.82, 2.24) is 10.6 Å². The summed E-state index contributed by atoms with van der Waals surface area (Å²) in [6.07, 6.45) is 0.866. The highest BCUT2D eigenvalue weighted by molar-refractivity contribution is 14.0. The number of aryl methyl sites for hydroxylation is 1. The molecule has 0 saturated carbocycles. The van der Waals surface area contributed by atoms with Crippen LogP contribution in [0.1, 0.15) is 23.6 Å². The fraction of sp³-hybridized carbons (Fsp3) is 0.435. The van der Waals surface area contributed by atoms with Crippen LogP contribution in [-0.2, 0) is 13.0 Å². The second kappa shape index (κ2) is 13.8. The summed E-state index contributed by atoms with van der Waals surface area (Å²) in [7, 11) is 6.50. The van der Waals surface area contributed by atoms with E-state index in [0.717, 1.165) is 42.3 Å². The maximum absolute atomic E-state index is 5.42. The van der Waals surface area contributed by atoms with Crippen LogP contribution in [0, 0.1) is 6.92 Å². The number of halogens is 1. The Labute approximate surface area is 202 Å². The highest BCUT2D eigenvalue weighted by Crippen LogP contribution is 2.38. The maximum atomic E-state index is 5.42. The van der Waals surface area contributed by atoms with Gasteiger partial charge in [-0.05, 0) is 55.2 Å². The Morgan fingerprint density at radius 1 is 0.839 bits per heavy atom. The lowest BCUT2D eigenvalue weighted by Crippen LogP contribution is -2.38. The van der Waals surface area contributed by atoms with Crippen molar-refractivity contribution in [3.05, 3.63) is 47.0 Å². The second-order valence-corrected chi connectivity index (χ2v) is 6.71. The van der Waals surface area contributed by atoms with Crippen LogP contribution in [0.15, 0.2) is 35.3 Å². The van der Waals surface area contributed by atoms with Gasteiger partial charge in [-0.15, -0.1) is 24.0 Å². The number of hydrogen-bond donors (Lipinski definition) is 2. The van der Waals surface area contributed by atoms with Crippen LogP contribution in [0.25, 0.3) is 0 Å². The number of hydrogen-bond acceptors (Lipinski definition) is 5. The van der Waals surface area contributed by atoms with Gasteiger partial charge in [-0.25, -0.2) is 4.99 Å². The summed E-state index contributed by atoms with van der Waals surface area (Å²) < 4.78 is 21.6. The first-order valence-electron chi connectivity index (χ1n) is 10.0. The van der Waals surface area contributed by atoms with Crippen LogP contribution in [0.4, 0.5) is 0 Å². The van der Waals surface area contributed by atoms with Crippen LogP contribution < -0.4 is 29.6 Å². The zero-order chi connectivity index (χ0) is 21.9. The molecule has 0 radical (unpaired) electrons. The van der Waals surface area contributed by atoms with E-state index >= 15 is 0 Å². The summed E-state index contributed by atoms with van der Waals surface area (Å²) in [5.74, 6) is 3.48. The van der Waals surface area contributed by atoms with Crippen molar-refractivity contribution in [3.63, 3.8) is 0 Å². The van der Waals surface area contributed by atoms with E-state index in [0.29, 0.717) is 23.8 Å². The molecule has 2 rings (SSSR count). The van der Waals surface area contributed by atoms with E-state index in [9.17, 15) is 0 Å². The Morgan fingerprint density at radius 3 is 2.00 bits per heavy atom. The van der Waals surface area contributed by atoms with Gasteiger partial charge in [0.1, 0.15) is 5.75 Å². The molecule has 0 aliphatic heterocycles. The molecule has 0 aliphatic carbocycles. The third-order valence-electron chi connectivity index (χ3n) is 4.67. The van der Waals surface area contributed by atoms with Gasteiger partial charge in [0.2, 0.25) is 5.75 Å². The number of aliphatic imine (C=N–C) groups is 1. The minimum Gasteiger partial charge on any atom is -0.496 e. The lowest BCUT2D eigenvalue weighted by atomic mass is 10.1. The first kappa shape index (κ1) is 26.7. The van der Waals surface area contributed by atoms with Gasteiger partial charge in [0, 0.05) is 13.1 Å². The van der Waals surface area contributed by atoms with Gasteiger partial charge >= 0.3 is 0 Å². The SMILES string of the molecule is CCNC(=NCc1cc(OC)c(OC)c(OC)c1)NCCc1ccc(C)c(OC)c1.I. The quantitative estimate of drug-likeness (QED) is 0.269. The van der Waals surface area contributed by atoms with Crippen LogP contribution in [0.2, 0.25) is 0 Å². The van der Waals surface area contributed by atoms with Gasteiger partial charge in [-0.3, -0.25) is 0 Å². The fourth-order valence-corrected chi connectivity index (χ4v) is 3.08. The third-order valence-corrected chi connectivity index (χ3v) is 4.67. The van der Waals surface area contributed by atoms with E-state index in [1.54, 1.807) is 28.4 Å². The number of benzene rings is 2. The number of nitrogens with one attached hydrogen (secondary N) is 2. The molecular formula is C23H34IN3O4. The molecule has 0 spiro atoms. The predicted molar refractivity (Wildman–Crippen MR) is 136 cm³/mol. The normalized spacial score (nSPS) is 10.7. The molecule has 0 unspecified atom stereocenters. The lowest BCUT2D eigenvalue weighted by molar-refractivity contribution is 0.324. The second-order valence-electron chi connectivity index (χ2n) is 6.71. The molecule has 0 amide bonds. The molecule has 8 heteroatoms. The highest BCUT2D eigenvalue weighted by atomic mass is 127. The van der Waals surface area contributed by atoms with Crippen LogP contribution in [0.5, 0.6) is 23.0 Å². The van der Waals surface area contributed by atoms with E-state index in [-0.39, 0.29) is 24.0 Å². The molecule has 0 fully saturated rings. The minimum absolute atomic E-state index is 0. The number of ether oxygens (including phenoxy) is 4. The molecule has 2 N–H and O–H groups in total. The highest BCUT2D eigenvalue weighted by Gasteiger charge is 2.13. The topological polar surface area (TPSA) is 73.3 Å². The van der Waals surface area contributed by atoms with E-state index in [1.165, 1.54) is 5.56 Å². The van der Waals surface area contributed by atoms with Gasteiger partial charge < -0.3 is 29.6 Å². The van der Waals surface area contributed by atoms with Crippen LogP contribution in [0.3, 0.4) is 0 Å². The Bertz CT molecular complexity index is 834. The molecule has 0 bridgehead atoms. The zero-order valence-electron chi connectivity index (χ0n) is 19.2. The van der Waals surface area contributed by atoms with E-state index in [2.05, 4.69) is 33.8 Å². The van der Waals surface area contributed by atoms with Gasteiger partial charge in [-0.1, -0.05) is 12.1 Å². The van der Waals surface area contributed by atoms with E-state index < -0.39 is 0 Å². The molecule has 172 valence electrons. The lowest BCUT2D eigenvalue weighted by Gasteiger charge is -2.14. The molecule has 0 aromatic heterocycles. The summed E-state index contributed by atoms with van der Waals surface area (Å²) in [5.41, 5.74) is 3.31.